The molecule has 1 aromatic carbocycles. The Morgan fingerprint density at radius 1 is 1.29 bits per heavy atom. The van der Waals surface area contributed by atoms with E-state index in [-0.39, 0.29) is 12.0 Å². The number of hydrogen-bond donors (Lipinski definition) is 1. The lowest BCUT2D eigenvalue weighted by Gasteiger charge is -2.40. The van der Waals surface area contributed by atoms with Crippen LogP contribution in [0.15, 0.2) is 18.2 Å². The fourth-order valence-corrected chi connectivity index (χ4v) is 4.73. The van der Waals surface area contributed by atoms with Crippen molar-refractivity contribution in [3.8, 4) is 0 Å². The van der Waals surface area contributed by atoms with Gasteiger partial charge in [-0.3, -0.25) is 0 Å². The SMILES string of the molecule is C[SiH](C)OC(C1CCc2cc(CO)ccc2C1)C(C)(C)C. The van der Waals surface area contributed by atoms with Crippen molar-refractivity contribution >= 4 is 9.04 Å². The summed E-state index contributed by atoms with van der Waals surface area (Å²) in [6.45, 7) is 11.6. The molecule has 2 nitrogen and oxygen atoms in total. The molecule has 0 heterocycles. The highest BCUT2D eigenvalue weighted by atomic mass is 28.3. The molecule has 3 heteroatoms. The summed E-state index contributed by atoms with van der Waals surface area (Å²) in [5, 5.41) is 9.27. The molecular weight excluding hydrogens is 276 g/mol. The zero-order valence-corrected chi connectivity index (χ0v) is 15.3. The van der Waals surface area contributed by atoms with Gasteiger partial charge in [-0.1, -0.05) is 39.0 Å². The zero-order valence-electron chi connectivity index (χ0n) is 14.1. The number of aliphatic hydroxyl groups excluding tert-OH is 1. The van der Waals surface area contributed by atoms with Crippen LogP contribution in [0.4, 0.5) is 0 Å². The van der Waals surface area contributed by atoms with Gasteiger partial charge in [0.15, 0.2) is 9.04 Å². The fraction of sp³-hybridized carbons (Fsp3) is 0.667. The molecule has 0 saturated heterocycles. The molecule has 2 rings (SSSR count). The van der Waals surface area contributed by atoms with Crippen molar-refractivity contribution in [2.24, 2.45) is 11.3 Å². The third kappa shape index (κ3) is 4.18. The summed E-state index contributed by atoms with van der Waals surface area (Å²) >= 11 is 0. The molecule has 21 heavy (non-hydrogen) atoms. The van der Waals surface area contributed by atoms with Crippen LogP contribution in [0.5, 0.6) is 0 Å². The van der Waals surface area contributed by atoms with Gasteiger partial charge in [-0.05, 0) is 60.4 Å². The first-order valence-electron chi connectivity index (χ1n) is 8.18. The first kappa shape index (κ1) is 16.7. The Morgan fingerprint density at radius 3 is 2.57 bits per heavy atom. The molecule has 1 aliphatic carbocycles. The van der Waals surface area contributed by atoms with Crippen LogP contribution >= 0.6 is 0 Å². The Morgan fingerprint density at radius 2 is 2.00 bits per heavy atom. The highest BCUT2D eigenvalue weighted by Crippen LogP contribution is 2.37. The second kappa shape index (κ2) is 6.63. The molecule has 1 aliphatic rings. The molecule has 0 amide bonds. The highest BCUT2D eigenvalue weighted by molar-refractivity contribution is 6.48. The summed E-state index contributed by atoms with van der Waals surface area (Å²) in [5.41, 5.74) is 4.11. The monoisotopic (exact) mass is 306 g/mol. The number of aliphatic hydroxyl groups is 1. The van der Waals surface area contributed by atoms with Crippen LogP contribution in [0, 0.1) is 11.3 Å². The molecule has 2 atom stereocenters. The predicted octanol–water partition coefficient (Wildman–Crippen LogP) is 3.70. The molecule has 118 valence electrons. The predicted molar refractivity (Wildman–Crippen MR) is 91.1 cm³/mol. The number of rotatable bonds is 4. The minimum Gasteiger partial charge on any atom is -0.417 e. The molecule has 1 N–H and O–H groups in total. The molecule has 0 aromatic heterocycles. The van der Waals surface area contributed by atoms with E-state index < -0.39 is 9.04 Å². The second-order valence-corrected chi connectivity index (χ2v) is 10.1. The van der Waals surface area contributed by atoms with E-state index in [1.807, 2.05) is 0 Å². The Hall–Kier alpha value is -0.643. The summed E-state index contributed by atoms with van der Waals surface area (Å²) in [6, 6.07) is 6.45. The Labute approximate surface area is 131 Å². The van der Waals surface area contributed by atoms with E-state index >= 15 is 0 Å². The molecule has 0 saturated carbocycles. The van der Waals surface area contributed by atoms with E-state index in [4.69, 9.17) is 4.43 Å². The maximum absolute atomic E-state index is 9.27. The van der Waals surface area contributed by atoms with Gasteiger partial charge >= 0.3 is 0 Å². The Kier molecular flexibility index (Phi) is 5.28. The maximum atomic E-state index is 9.27. The average Bonchev–Trinajstić information content (AvgIpc) is 2.42. The van der Waals surface area contributed by atoms with Crippen LogP contribution < -0.4 is 0 Å². The van der Waals surface area contributed by atoms with Gasteiger partial charge < -0.3 is 9.53 Å². The normalized spacial score (nSPS) is 20.4. The molecule has 0 spiro atoms. The summed E-state index contributed by atoms with van der Waals surface area (Å²) < 4.78 is 6.41. The topological polar surface area (TPSA) is 29.5 Å². The highest BCUT2D eigenvalue weighted by Gasteiger charge is 2.35. The van der Waals surface area contributed by atoms with Gasteiger partial charge in [0.2, 0.25) is 0 Å². The number of hydrogen-bond acceptors (Lipinski definition) is 2. The molecule has 0 bridgehead atoms. The number of fused-ring (bicyclic) bond motifs is 1. The van der Waals surface area contributed by atoms with Crippen LogP contribution in [0.1, 0.15) is 43.9 Å². The minimum absolute atomic E-state index is 0.142. The summed E-state index contributed by atoms with van der Waals surface area (Å²) in [5.74, 6) is 0.618. The van der Waals surface area contributed by atoms with Gasteiger partial charge in [0.25, 0.3) is 0 Å². The lowest BCUT2D eigenvalue weighted by Crippen LogP contribution is -2.41. The van der Waals surface area contributed by atoms with Gasteiger partial charge in [-0.15, -0.1) is 0 Å². The van der Waals surface area contributed by atoms with Gasteiger partial charge in [0, 0.05) is 0 Å². The largest absolute Gasteiger partial charge is 0.417 e. The third-order valence-electron chi connectivity index (χ3n) is 4.42. The van der Waals surface area contributed by atoms with Gasteiger partial charge in [-0.25, -0.2) is 0 Å². The summed E-state index contributed by atoms with van der Waals surface area (Å²) in [7, 11) is -1.03. The number of aryl methyl sites for hydroxylation is 1. The molecule has 0 aliphatic heterocycles. The lowest BCUT2D eigenvalue weighted by atomic mass is 9.73. The average molecular weight is 307 g/mol. The number of benzene rings is 1. The lowest BCUT2D eigenvalue weighted by molar-refractivity contribution is 0.0271. The van der Waals surface area contributed by atoms with Crippen LogP contribution in [0.3, 0.4) is 0 Å². The summed E-state index contributed by atoms with van der Waals surface area (Å²) in [4.78, 5) is 0. The van der Waals surface area contributed by atoms with Crippen molar-refractivity contribution in [2.75, 3.05) is 0 Å². The fourth-order valence-electron chi connectivity index (χ4n) is 3.51. The van der Waals surface area contributed by atoms with Gasteiger partial charge in [0.1, 0.15) is 0 Å². The van der Waals surface area contributed by atoms with Crippen LogP contribution in [0.25, 0.3) is 0 Å². The molecule has 0 radical (unpaired) electrons. The smallest absolute Gasteiger partial charge is 0.171 e. The zero-order chi connectivity index (χ0) is 15.6. The van der Waals surface area contributed by atoms with Crippen molar-refractivity contribution in [1.82, 2.24) is 0 Å². The third-order valence-corrected chi connectivity index (χ3v) is 5.26. The second-order valence-electron chi connectivity index (χ2n) is 7.74. The van der Waals surface area contributed by atoms with E-state index in [0.717, 1.165) is 18.4 Å². The molecule has 2 unspecified atom stereocenters. The van der Waals surface area contributed by atoms with E-state index in [0.29, 0.717) is 12.0 Å². The van der Waals surface area contributed by atoms with Crippen molar-refractivity contribution in [3.63, 3.8) is 0 Å². The standard InChI is InChI=1S/C18H30O2Si/c1-18(2,3)17(20-21(4)5)16-9-8-14-10-13(12-19)6-7-15(14)11-16/h6-7,10,16-17,19,21H,8-9,11-12H2,1-5H3. The molecule has 1 aromatic rings. The van der Waals surface area contributed by atoms with E-state index in [1.165, 1.54) is 17.5 Å². The van der Waals surface area contributed by atoms with E-state index in [1.54, 1.807) is 0 Å². The van der Waals surface area contributed by atoms with Crippen molar-refractivity contribution in [3.05, 3.63) is 34.9 Å². The van der Waals surface area contributed by atoms with Crippen LogP contribution in [-0.4, -0.2) is 20.3 Å². The van der Waals surface area contributed by atoms with E-state index in [9.17, 15) is 5.11 Å². The Balaban J connectivity index is 2.18. The van der Waals surface area contributed by atoms with Crippen LogP contribution in [-0.2, 0) is 23.9 Å². The maximum Gasteiger partial charge on any atom is 0.171 e. The first-order valence-corrected chi connectivity index (χ1v) is 11.0. The van der Waals surface area contributed by atoms with Crippen molar-refractivity contribution in [1.29, 1.82) is 0 Å². The minimum atomic E-state index is -1.03. The first-order chi connectivity index (χ1) is 9.81. The van der Waals surface area contributed by atoms with Gasteiger partial charge in [-0.2, -0.15) is 0 Å². The Bertz CT molecular complexity index is 477. The van der Waals surface area contributed by atoms with Crippen molar-refractivity contribution in [2.45, 2.75) is 65.8 Å². The van der Waals surface area contributed by atoms with Crippen LogP contribution in [0.2, 0.25) is 13.1 Å². The quantitative estimate of drug-likeness (QED) is 0.860. The molecular formula is C18H30O2Si. The summed E-state index contributed by atoms with van der Waals surface area (Å²) in [6.07, 6.45) is 3.79. The van der Waals surface area contributed by atoms with Crippen molar-refractivity contribution < 1.29 is 9.53 Å². The van der Waals surface area contributed by atoms with Gasteiger partial charge in [0.05, 0.1) is 12.7 Å². The van der Waals surface area contributed by atoms with E-state index in [2.05, 4.69) is 52.1 Å². The molecule has 0 fully saturated rings.